The van der Waals surface area contributed by atoms with Crippen LogP contribution in [0.5, 0.6) is 0 Å². The Bertz CT molecular complexity index is 394. The minimum absolute atomic E-state index is 0.327. The van der Waals surface area contributed by atoms with Crippen LogP contribution in [0.3, 0.4) is 0 Å². The zero-order valence-corrected chi connectivity index (χ0v) is 12.9. The van der Waals surface area contributed by atoms with Crippen LogP contribution in [-0.4, -0.2) is 30.4 Å². The Balaban J connectivity index is 1.66. The third-order valence-electron chi connectivity index (χ3n) is 3.15. The molecule has 1 aliphatic heterocycles. The number of hydrogen-bond donors (Lipinski definition) is 1. The first-order valence-corrected chi connectivity index (χ1v) is 8.14. The third kappa shape index (κ3) is 4.37. The number of hydrogen-bond acceptors (Lipinski definition) is 3. The molecule has 1 N–H and O–H groups in total. The first-order chi connectivity index (χ1) is 8.75. The van der Waals surface area contributed by atoms with Gasteiger partial charge in [-0.1, -0.05) is 6.42 Å². The smallest absolute Gasteiger partial charge is 0.222 e. The van der Waals surface area contributed by atoms with E-state index in [0.717, 1.165) is 49.9 Å². The number of halogens is 1. The van der Waals surface area contributed by atoms with Gasteiger partial charge < -0.3 is 10.2 Å². The molecule has 0 atom stereocenters. The Kier molecular flexibility index (Phi) is 5.66. The lowest BCUT2D eigenvalue weighted by atomic mass is 10.2. The number of thiophene rings is 1. The van der Waals surface area contributed by atoms with Gasteiger partial charge in [0.25, 0.3) is 0 Å². The third-order valence-corrected chi connectivity index (χ3v) is 4.85. The van der Waals surface area contributed by atoms with Crippen molar-refractivity contribution in [1.29, 1.82) is 0 Å². The van der Waals surface area contributed by atoms with E-state index in [0.29, 0.717) is 5.91 Å². The maximum atomic E-state index is 11.8. The fourth-order valence-corrected chi connectivity index (χ4v) is 3.57. The molecule has 3 nitrogen and oxygen atoms in total. The molecule has 0 unspecified atom stereocenters. The summed E-state index contributed by atoms with van der Waals surface area (Å²) in [6.45, 7) is 3.54. The van der Waals surface area contributed by atoms with Crippen LogP contribution < -0.4 is 5.32 Å². The molecule has 0 bridgehead atoms. The van der Waals surface area contributed by atoms with Crippen LogP contribution in [0, 0.1) is 0 Å². The molecule has 18 heavy (non-hydrogen) atoms. The quantitative estimate of drug-likeness (QED) is 0.842. The van der Waals surface area contributed by atoms with Gasteiger partial charge in [0.05, 0.1) is 0 Å². The zero-order valence-electron chi connectivity index (χ0n) is 10.5. The minimum atomic E-state index is 0.327. The average Bonchev–Trinajstić information content (AvgIpc) is 2.65. The van der Waals surface area contributed by atoms with Crippen LogP contribution in [-0.2, 0) is 11.3 Å². The molecule has 2 rings (SSSR count). The van der Waals surface area contributed by atoms with Crippen molar-refractivity contribution < 1.29 is 4.79 Å². The number of nitrogens with zero attached hydrogens (tertiary/aromatic N) is 1. The molecule has 0 aromatic carbocycles. The van der Waals surface area contributed by atoms with Gasteiger partial charge in [-0.3, -0.25) is 4.79 Å². The number of nitrogens with one attached hydrogen (secondary N) is 1. The number of carbonyl (C=O) groups is 1. The molecule has 5 heteroatoms. The summed E-state index contributed by atoms with van der Waals surface area (Å²) < 4.78 is 1.15. The Labute approximate surface area is 121 Å². The molecule has 0 spiro atoms. The highest BCUT2D eigenvalue weighted by Crippen LogP contribution is 2.19. The second-order valence-electron chi connectivity index (χ2n) is 4.60. The van der Waals surface area contributed by atoms with Gasteiger partial charge in [0.15, 0.2) is 0 Å². The first kappa shape index (κ1) is 14.0. The fourth-order valence-electron chi connectivity index (χ4n) is 2.15. The molecule has 1 amide bonds. The molecule has 0 radical (unpaired) electrons. The summed E-state index contributed by atoms with van der Waals surface area (Å²) in [7, 11) is 0. The summed E-state index contributed by atoms with van der Waals surface area (Å²) in [4.78, 5) is 15.1. The number of amides is 1. The second kappa shape index (κ2) is 7.26. The molecule has 1 fully saturated rings. The van der Waals surface area contributed by atoms with E-state index in [4.69, 9.17) is 0 Å². The Hall–Kier alpha value is -0.390. The Morgan fingerprint density at radius 1 is 1.39 bits per heavy atom. The molecular weight excluding hydrogens is 312 g/mol. The topological polar surface area (TPSA) is 32.3 Å². The monoisotopic (exact) mass is 330 g/mol. The predicted molar refractivity (Wildman–Crippen MR) is 78.8 cm³/mol. The van der Waals surface area contributed by atoms with Crippen molar-refractivity contribution >= 4 is 33.2 Å². The molecule has 0 saturated carbocycles. The molecule has 0 aliphatic carbocycles. The summed E-state index contributed by atoms with van der Waals surface area (Å²) in [5, 5.41) is 5.49. The highest BCUT2D eigenvalue weighted by Gasteiger charge is 2.15. The van der Waals surface area contributed by atoms with Gasteiger partial charge in [-0.2, -0.15) is 0 Å². The van der Waals surface area contributed by atoms with E-state index in [9.17, 15) is 4.79 Å². The van der Waals surface area contributed by atoms with Crippen molar-refractivity contribution in [3.8, 4) is 0 Å². The molecular formula is C13H19BrN2OS. The van der Waals surface area contributed by atoms with Crippen LogP contribution in [0.4, 0.5) is 0 Å². The fraction of sp³-hybridized carbons (Fsp3) is 0.615. The highest BCUT2D eigenvalue weighted by molar-refractivity contribution is 9.10. The molecule has 1 saturated heterocycles. The van der Waals surface area contributed by atoms with E-state index in [1.807, 2.05) is 4.90 Å². The summed E-state index contributed by atoms with van der Waals surface area (Å²) in [5.41, 5.74) is 0. The SMILES string of the molecule is O=C1CCCCCN1CCNCc1cc(Br)cs1. The van der Waals surface area contributed by atoms with Crippen molar-refractivity contribution in [2.75, 3.05) is 19.6 Å². The van der Waals surface area contributed by atoms with E-state index in [-0.39, 0.29) is 0 Å². The number of carbonyl (C=O) groups excluding carboxylic acids is 1. The first-order valence-electron chi connectivity index (χ1n) is 6.47. The standard InChI is InChI=1S/C13H19BrN2OS/c14-11-8-12(18-10-11)9-15-5-7-16-6-3-1-2-4-13(16)17/h8,10,15H,1-7,9H2. The van der Waals surface area contributed by atoms with Crippen LogP contribution in [0.2, 0.25) is 0 Å². The van der Waals surface area contributed by atoms with Gasteiger partial charge >= 0.3 is 0 Å². The Morgan fingerprint density at radius 2 is 2.28 bits per heavy atom. The van der Waals surface area contributed by atoms with Crippen LogP contribution in [0.25, 0.3) is 0 Å². The van der Waals surface area contributed by atoms with Gasteiger partial charge in [0, 0.05) is 47.3 Å². The number of likely N-dealkylation sites (tertiary alicyclic amines) is 1. The highest BCUT2D eigenvalue weighted by atomic mass is 79.9. The lowest BCUT2D eigenvalue weighted by molar-refractivity contribution is -0.130. The number of rotatable bonds is 5. The average molecular weight is 331 g/mol. The van der Waals surface area contributed by atoms with E-state index in [1.165, 1.54) is 11.3 Å². The summed E-state index contributed by atoms with van der Waals surface area (Å²) >= 11 is 5.20. The van der Waals surface area contributed by atoms with Crippen molar-refractivity contribution in [3.05, 3.63) is 20.8 Å². The molecule has 1 aromatic heterocycles. The maximum Gasteiger partial charge on any atom is 0.222 e. The molecule has 100 valence electrons. The van der Waals surface area contributed by atoms with Gasteiger partial charge in [-0.15, -0.1) is 11.3 Å². The van der Waals surface area contributed by atoms with Crippen molar-refractivity contribution in [1.82, 2.24) is 10.2 Å². The maximum absolute atomic E-state index is 11.8. The van der Waals surface area contributed by atoms with Crippen LogP contribution in [0.15, 0.2) is 15.9 Å². The summed E-state index contributed by atoms with van der Waals surface area (Å²) in [5.74, 6) is 0.327. The molecule has 2 heterocycles. The molecule has 1 aromatic rings. The lowest BCUT2D eigenvalue weighted by Gasteiger charge is -2.20. The van der Waals surface area contributed by atoms with Gasteiger partial charge in [-0.25, -0.2) is 0 Å². The van der Waals surface area contributed by atoms with Gasteiger partial charge in [0.1, 0.15) is 0 Å². The van der Waals surface area contributed by atoms with E-state index in [1.54, 1.807) is 11.3 Å². The second-order valence-corrected chi connectivity index (χ2v) is 6.51. The Morgan fingerprint density at radius 3 is 3.06 bits per heavy atom. The summed E-state index contributed by atoms with van der Waals surface area (Å²) in [6.07, 6.45) is 4.15. The zero-order chi connectivity index (χ0) is 12.8. The van der Waals surface area contributed by atoms with Gasteiger partial charge in [0.2, 0.25) is 5.91 Å². The van der Waals surface area contributed by atoms with Crippen LogP contribution >= 0.6 is 27.3 Å². The van der Waals surface area contributed by atoms with Crippen molar-refractivity contribution in [2.24, 2.45) is 0 Å². The van der Waals surface area contributed by atoms with E-state index < -0.39 is 0 Å². The van der Waals surface area contributed by atoms with E-state index in [2.05, 4.69) is 32.7 Å². The normalized spacial score (nSPS) is 16.9. The minimum Gasteiger partial charge on any atom is -0.341 e. The van der Waals surface area contributed by atoms with Gasteiger partial charge in [-0.05, 0) is 34.8 Å². The largest absolute Gasteiger partial charge is 0.341 e. The predicted octanol–water partition coefficient (Wildman–Crippen LogP) is 3.00. The van der Waals surface area contributed by atoms with E-state index >= 15 is 0 Å². The molecule has 1 aliphatic rings. The van der Waals surface area contributed by atoms with Crippen LogP contribution in [0.1, 0.15) is 30.6 Å². The lowest BCUT2D eigenvalue weighted by Crippen LogP contribution is -2.36. The van der Waals surface area contributed by atoms with Crippen molar-refractivity contribution in [2.45, 2.75) is 32.2 Å². The van der Waals surface area contributed by atoms with Crippen molar-refractivity contribution in [3.63, 3.8) is 0 Å². The summed E-state index contributed by atoms with van der Waals surface area (Å²) in [6, 6.07) is 2.13.